The summed E-state index contributed by atoms with van der Waals surface area (Å²) in [5.74, 6) is -0.152. The van der Waals surface area contributed by atoms with Crippen LogP contribution in [0.15, 0.2) is 41.1 Å². The maximum atomic E-state index is 12.3. The zero-order valence-electron chi connectivity index (χ0n) is 13.5. The minimum Gasteiger partial charge on any atom is -0.623 e. The minimum atomic E-state index is -2.54. The van der Waals surface area contributed by atoms with Gasteiger partial charge < -0.3 is 5.21 Å². The van der Waals surface area contributed by atoms with Crippen molar-refractivity contribution in [3.8, 4) is 0 Å². The smallest absolute Gasteiger partial charge is 0.277 e. The molecule has 2 unspecified atom stereocenters. The van der Waals surface area contributed by atoms with Crippen LogP contribution in [0.5, 0.6) is 0 Å². The summed E-state index contributed by atoms with van der Waals surface area (Å²) in [6.07, 6.45) is 1.77. The fourth-order valence-corrected chi connectivity index (χ4v) is 3.86. The highest BCUT2D eigenvalue weighted by molar-refractivity contribution is 7.73. The monoisotopic (exact) mass is 319 g/mol. The van der Waals surface area contributed by atoms with Crippen LogP contribution in [0.25, 0.3) is 0 Å². The third kappa shape index (κ3) is 2.92. The second-order valence-electron chi connectivity index (χ2n) is 5.90. The van der Waals surface area contributed by atoms with Crippen molar-refractivity contribution in [1.82, 2.24) is 0 Å². The van der Waals surface area contributed by atoms with E-state index in [0.29, 0.717) is 11.3 Å². The summed E-state index contributed by atoms with van der Waals surface area (Å²) in [5, 5.41) is 11.9. The van der Waals surface area contributed by atoms with Crippen LogP contribution in [-0.4, -0.2) is 13.4 Å². The molecule has 1 N–H and O–H groups in total. The van der Waals surface area contributed by atoms with Gasteiger partial charge in [0.25, 0.3) is 15.3 Å². The fraction of sp³-hybridized carbons (Fsp3) is 0.353. The van der Waals surface area contributed by atoms with Gasteiger partial charge in [-0.15, -0.1) is 0 Å². The van der Waals surface area contributed by atoms with Gasteiger partial charge >= 0.3 is 0 Å². The first-order valence-electron chi connectivity index (χ1n) is 7.21. The SMILES string of the molecule is CC1=CC(C)=C(C(C)c2cc(C)ccc2C)C(=S(=O)=O)[NH+]1[O-]. The molecule has 0 saturated carbocycles. The van der Waals surface area contributed by atoms with Crippen LogP contribution in [0.4, 0.5) is 0 Å². The van der Waals surface area contributed by atoms with Crippen molar-refractivity contribution in [2.75, 3.05) is 0 Å². The molecule has 0 fully saturated rings. The Morgan fingerprint density at radius 3 is 2.36 bits per heavy atom. The van der Waals surface area contributed by atoms with Gasteiger partial charge in [-0.2, -0.15) is 8.42 Å². The minimum absolute atomic E-state index is 0.0918. The normalized spacial score (nSPS) is 20.0. The van der Waals surface area contributed by atoms with Crippen LogP contribution in [0.1, 0.15) is 43.4 Å². The molecule has 0 radical (unpaired) electrons. The van der Waals surface area contributed by atoms with E-state index in [4.69, 9.17) is 0 Å². The van der Waals surface area contributed by atoms with E-state index in [1.165, 1.54) is 0 Å². The third-order valence-electron chi connectivity index (χ3n) is 4.17. The Bertz CT molecular complexity index is 808. The molecule has 2 atom stereocenters. The van der Waals surface area contributed by atoms with Crippen LogP contribution in [0.2, 0.25) is 0 Å². The van der Waals surface area contributed by atoms with Gasteiger partial charge in [0.1, 0.15) is 5.70 Å². The first-order valence-corrected chi connectivity index (χ1v) is 8.29. The Morgan fingerprint density at radius 1 is 1.14 bits per heavy atom. The van der Waals surface area contributed by atoms with Crippen molar-refractivity contribution >= 4 is 15.3 Å². The zero-order valence-corrected chi connectivity index (χ0v) is 14.3. The fourth-order valence-electron chi connectivity index (χ4n) is 3.03. The highest BCUT2D eigenvalue weighted by Crippen LogP contribution is 2.31. The number of rotatable bonds is 2. The maximum absolute atomic E-state index is 12.3. The molecule has 1 aromatic carbocycles. The Hall–Kier alpha value is -1.69. The number of hydroxylamine groups is 2. The molecule has 0 saturated heterocycles. The zero-order chi connectivity index (χ0) is 16.6. The van der Waals surface area contributed by atoms with E-state index in [0.717, 1.165) is 22.3 Å². The van der Waals surface area contributed by atoms with Crippen molar-refractivity contribution in [3.63, 3.8) is 0 Å². The van der Waals surface area contributed by atoms with Gasteiger partial charge in [-0.25, -0.2) is 0 Å². The average molecular weight is 319 g/mol. The van der Waals surface area contributed by atoms with Crippen LogP contribution in [0, 0.1) is 19.1 Å². The summed E-state index contributed by atoms with van der Waals surface area (Å²) in [4.78, 5) is -0.0918. The van der Waals surface area contributed by atoms with E-state index in [9.17, 15) is 13.6 Å². The lowest BCUT2D eigenvalue weighted by molar-refractivity contribution is -0.698. The summed E-state index contributed by atoms with van der Waals surface area (Å²) in [6.45, 7) is 9.47. The van der Waals surface area contributed by atoms with Crippen molar-refractivity contribution in [1.29, 1.82) is 0 Å². The van der Waals surface area contributed by atoms with Crippen LogP contribution >= 0.6 is 0 Å². The summed E-state index contributed by atoms with van der Waals surface area (Å²) in [6, 6.07) is 6.11. The molecular formula is C17H21NO3S. The summed E-state index contributed by atoms with van der Waals surface area (Å²) < 4.78 is 23.3. The van der Waals surface area contributed by atoms with Gasteiger partial charge in [0, 0.05) is 18.4 Å². The van der Waals surface area contributed by atoms with Gasteiger partial charge in [0.05, 0.1) is 0 Å². The summed E-state index contributed by atoms with van der Waals surface area (Å²) >= 11 is 0. The van der Waals surface area contributed by atoms with Crippen molar-refractivity contribution in [2.24, 2.45) is 0 Å². The quantitative estimate of drug-likeness (QED) is 0.670. The molecule has 2 rings (SSSR count). The second kappa shape index (κ2) is 6.20. The molecule has 0 aliphatic carbocycles. The molecular weight excluding hydrogens is 298 g/mol. The largest absolute Gasteiger partial charge is 0.623 e. The Morgan fingerprint density at radius 2 is 1.77 bits per heavy atom. The molecule has 0 aromatic heterocycles. The molecule has 0 amide bonds. The molecule has 118 valence electrons. The highest BCUT2D eigenvalue weighted by atomic mass is 32.2. The molecule has 1 aliphatic rings. The Labute approximate surface area is 132 Å². The summed E-state index contributed by atoms with van der Waals surface area (Å²) in [5.41, 5.74) is 5.17. The predicted octanol–water partition coefficient (Wildman–Crippen LogP) is 2.03. The topological polar surface area (TPSA) is 61.6 Å². The van der Waals surface area contributed by atoms with E-state index < -0.39 is 15.4 Å². The van der Waals surface area contributed by atoms with Gasteiger partial charge in [0.2, 0.25) is 0 Å². The first-order chi connectivity index (χ1) is 10.2. The van der Waals surface area contributed by atoms with E-state index in [-0.39, 0.29) is 10.9 Å². The first kappa shape index (κ1) is 16.7. The lowest BCUT2D eigenvalue weighted by Gasteiger charge is -2.30. The number of allylic oxidation sites excluding steroid dienone is 3. The molecule has 1 aliphatic heterocycles. The van der Waals surface area contributed by atoms with Crippen molar-refractivity contribution < 1.29 is 13.5 Å². The van der Waals surface area contributed by atoms with Crippen molar-refractivity contribution in [2.45, 2.75) is 40.5 Å². The maximum Gasteiger partial charge on any atom is 0.277 e. The molecule has 1 aromatic rings. The second-order valence-corrected chi connectivity index (χ2v) is 6.78. The van der Waals surface area contributed by atoms with Crippen molar-refractivity contribution in [3.05, 3.63) is 63.0 Å². The molecule has 22 heavy (non-hydrogen) atoms. The summed E-state index contributed by atoms with van der Waals surface area (Å²) in [7, 11) is -2.54. The lowest BCUT2D eigenvalue weighted by atomic mass is 9.85. The van der Waals surface area contributed by atoms with Gasteiger partial charge in [-0.3, -0.25) is 5.06 Å². The Balaban J connectivity index is 2.69. The molecule has 1 heterocycles. The van der Waals surface area contributed by atoms with Gasteiger partial charge in [-0.1, -0.05) is 30.7 Å². The number of aryl methyl sites for hydroxylation is 2. The predicted molar refractivity (Wildman–Crippen MR) is 89.0 cm³/mol. The van der Waals surface area contributed by atoms with E-state index in [1.54, 1.807) is 13.0 Å². The number of nitrogens with one attached hydrogen (secondary N) is 1. The van der Waals surface area contributed by atoms with Gasteiger partial charge in [0.15, 0.2) is 0 Å². The number of quaternary nitrogens is 1. The molecule has 0 bridgehead atoms. The van der Waals surface area contributed by atoms with Crippen LogP contribution in [0.3, 0.4) is 0 Å². The van der Waals surface area contributed by atoms with E-state index in [1.807, 2.05) is 39.8 Å². The van der Waals surface area contributed by atoms with E-state index >= 15 is 0 Å². The third-order valence-corrected chi connectivity index (χ3v) is 4.91. The standard InChI is InChI=1S/C17H21NO3S/c1-10-6-7-11(2)15(8-10)14(5)16-12(3)9-13(4)18(19)17(16)22(20)21/h6-9,14,18H,1-5H3. The molecule has 5 heteroatoms. The number of benzene rings is 1. The molecule has 0 spiro atoms. The Kier molecular flexibility index (Phi) is 4.70. The average Bonchev–Trinajstić information content (AvgIpc) is 2.44. The van der Waals surface area contributed by atoms with E-state index in [2.05, 4.69) is 6.07 Å². The van der Waals surface area contributed by atoms with Crippen LogP contribution < -0.4 is 5.06 Å². The number of hydrogen-bond donors (Lipinski definition) is 1. The number of hydrogen-bond acceptors (Lipinski definition) is 3. The lowest BCUT2D eigenvalue weighted by Crippen LogP contribution is -3.08. The van der Waals surface area contributed by atoms with Crippen LogP contribution in [-0.2, 0) is 10.3 Å². The molecule has 4 nitrogen and oxygen atoms in total. The highest BCUT2D eigenvalue weighted by Gasteiger charge is 2.30. The van der Waals surface area contributed by atoms with Gasteiger partial charge in [-0.05, 0) is 43.5 Å².